The Morgan fingerprint density at radius 3 is 2.55 bits per heavy atom. The van der Waals surface area contributed by atoms with Crippen LogP contribution in [0.1, 0.15) is 22.9 Å². The first-order valence-electron chi connectivity index (χ1n) is 10.6. The van der Waals surface area contributed by atoms with Gasteiger partial charge < -0.3 is 11.1 Å². The van der Waals surface area contributed by atoms with E-state index in [1.165, 1.54) is 16.0 Å². The molecule has 1 atom stereocenters. The van der Waals surface area contributed by atoms with Gasteiger partial charge in [-0.05, 0) is 36.6 Å². The van der Waals surface area contributed by atoms with E-state index >= 15 is 0 Å². The number of anilines is 2. The van der Waals surface area contributed by atoms with E-state index in [9.17, 15) is 4.79 Å². The van der Waals surface area contributed by atoms with Gasteiger partial charge in [0.25, 0.3) is 0 Å². The normalized spacial score (nSPS) is 17.5. The molecular weight excluding hydrogens is 406 g/mol. The molecule has 3 N–H and O–H groups in total. The molecule has 1 amide bonds. The minimum absolute atomic E-state index is 0.0340. The van der Waals surface area contributed by atoms with Gasteiger partial charge in [-0.15, -0.1) is 11.3 Å². The molecule has 4 rings (SSSR count). The number of nitrogen functional groups attached to an aromatic ring is 1. The molecule has 162 valence electrons. The smallest absolute Gasteiger partial charge is 0.238 e. The number of benzene rings is 2. The third kappa shape index (κ3) is 6.13. The minimum Gasteiger partial charge on any atom is -0.375 e. The summed E-state index contributed by atoms with van der Waals surface area (Å²) in [5.41, 5.74) is 9.10. The van der Waals surface area contributed by atoms with Gasteiger partial charge in [-0.2, -0.15) is 0 Å². The lowest BCUT2D eigenvalue weighted by atomic mass is 10.0. The summed E-state index contributed by atoms with van der Waals surface area (Å²) in [6.45, 7) is 6.17. The second-order valence-electron chi connectivity index (χ2n) is 8.13. The third-order valence-electron chi connectivity index (χ3n) is 5.64. The van der Waals surface area contributed by atoms with Crippen molar-refractivity contribution in [2.24, 2.45) is 0 Å². The van der Waals surface area contributed by atoms with Gasteiger partial charge in [0.2, 0.25) is 5.91 Å². The number of piperazine rings is 1. The zero-order valence-electron chi connectivity index (χ0n) is 17.8. The van der Waals surface area contributed by atoms with E-state index in [1.54, 1.807) is 11.3 Å². The van der Waals surface area contributed by atoms with Crippen LogP contribution in [0.4, 0.5) is 10.8 Å². The van der Waals surface area contributed by atoms with Crippen LogP contribution in [-0.4, -0.2) is 52.9 Å². The predicted molar refractivity (Wildman–Crippen MR) is 127 cm³/mol. The summed E-state index contributed by atoms with van der Waals surface area (Å²) in [7, 11) is 0. The van der Waals surface area contributed by atoms with Gasteiger partial charge in [0, 0.05) is 49.0 Å². The second kappa shape index (κ2) is 10.0. The Bertz CT molecular complexity index is 989. The van der Waals surface area contributed by atoms with E-state index in [0.29, 0.717) is 17.7 Å². The average Bonchev–Trinajstić information content (AvgIpc) is 3.17. The summed E-state index contributed by atoms with van der Waals surface area (Å²) in [5, 5.41) is 3.65. The van der Waals surface area contributed by atoms with Crippen molar-refractivity contribution in [3.63, 3.8) is 0 Å². The maximum absolute atomic E-state index is 12.6. The lowest BCUT2D eigenvalue weighted by Gasteiger charge is -2.39. The zero-order chi connectivity index (χ0) is 21.6. The first kappa shape index (κ1) is 21.5. The first-order chi connectivity index (χ1) is 15.0. The molecule has 1 aliphatic heterocycles. The van der Waals surface area contributed by atoms with Crippen LogP contribution in [-0.2, 0) is 17.8 Å². The molecule has 2 heterocycles. The molecule has 0 radical (unpaired) electrons. The van der Waals surface area contributed by atoms with E-state index in [2.05, 4.69) is 63.4 Å². The highest BCUT2D eigenvalue weighted by Gasteiger charge is 2.25. The maximum Gasteiger partial charge on any atom is 0.238 e. The van der Waals surface area contributed by atoms with Crippen molar-refractivity contribution >= 4 is 28.1 Å². The number of hydrogen-bond acceptors (Lipinski definition) is 6. The fraction of sp³-hybridized carbons (Fsp3) is 0.333. The van der Waals surface area contributed by atoms with Gasteiger partial charge in [0.05, 0.1) is 6.54 Å². The number of aromatic nitrogens is 1. The van der Waals surface area contributed by atoms with Gasteiger partial charge in [-0.25, -0.2) is 4.98 Å². The molecule has 3 aromatic rings. The number of nitrogens with zero attached hydrogens (tertiary/aromatic N) is 3. The average molecular weight is 436 g/mol. The third-order valence-corrected chi connectivity index (χ3v) is 6.45. The quantitative estimate of drug-likeness (QED) is 0.595. The Hall–Kier alpha value is -2.74. The highest BCUT2D eigenvalue weighted by atomic mass is 32.1. The van der Waals surface area contributed by atoms with Crippen LogP contribution < -0.4 is 11.1 Å². The number of amides is 1. The number of carbonyl (C=O) groups excluding carboxylic acids is 1. The highest BCUT2D eigenvalue weighted by Crippen LogP contribution is 2.20. The number of nitrogens with two attached hydrogens (primary N) is 1. The predicted octanol–water partition coefficient (Wildman–Crippen LogP) is 3.46. The van der Waals surface area contributed by atoms with Crippen molar-refractivity contribution in [2.45, 2.75) is 25.9 Å². The van der Waals surface area contributed by atoms with Crippen molar-refractivity contribution in [1.29, 1.82) is 0 Å². The molecule has 1 saturated heterocycles. The van der Waals surface area contributed by atoms with Crippen LogP contribution in [0, 0.1) is 0 Å². The number of hydrogen-bond donors (Lipinski definition) is 2. The Morgan fingerprint density at radius 2 is 1.87 bits per heavy atom. The van der Waals surface area contributed by atoms with Crippen LogP contribution >= 0.6 is 11.3 Å². The standard InChI is InChI=1S/C24H29N5OS/c1-18-15-28(11-12-29(18)16-22-14-26-24(25)31-22)17-23(30)27-21-9-7-20(8-10-21)13-19-5-3-2-4-6-19/h2-10,14,18H,11-13,15-17H2,1H3,(H2,25,26)(H,27,30). The van der Waals surface area contributed by atoms with Crippen molar-refractivity contribution in [1.82, 2.24) is 14.8 Å². The van der Waals surface area contributed by atoms with Gasteiger partial charge >= 0.3 is 0 Å². The van der Waals surface area contributed by atoms with Crippen molar-refractivity contribution in [2.75, 3.05) is 37.2 Å². The monoisotopic (exact) mass is 435 g/mol. The largest absolute Gasteiger partial charge is 0.375 e. The molecule has 1 aliphatic rings. The molecule has 1 unspecified atom stereocenters. The molecule has 6 nitrogen and oxygen atoms in total. The Balaban J connectivity index is 1.23. The summed E-state index contributed by atoms with van der Waals surface area (Å²) >= 11 is 1.54. The Labute approximate surface area is 187 Å². The minimum atomic E-state index is 0.0340. The highest BCUT2D eigenvalue weighted by molar-refractivity contribution is 7.15. The van der Waals surface area contributed by atoms with E-state index in [0.717, 1.165) is 38.3 Å². The summed E-state index contributed by atoms with van der Waals surface area (Å²) < 4.78 is 0. The van der Waals surface area contributed by atoms with E-state index in [1.807, 2.05) is 24.4 Å². The Morgan fingerprint density at radius 1 is 1.13 bits per heavy atom. The molecule has 1 aromatic heterocycles. The lowest BCUT2D eigenvalue weighted by Crippen LogP contribution is -2.52. The first-order valence-corrected chi connectivity index (χ1v) is 11.5. The van der Waals surface area contributed by atoms with Crippen molar-refractivity contribution < 1.29 is 4.79 Å². The van der Waals surface area contributed by atoms with E-state index in [4.69, 9.17) is 5.73 Å². The molecule has 2 aromatic carbocycles. The SMILES string of the molecule is CC1CN(CC(=O)Nc2ccc(Cc3ccccc3)cc2)CCN1Cc1cnc(N)s1. The number of carbonyl (C=O) groups is 1. The van der Waals surface area contributed by atoms with E-state index < -0.39 is 0 Å². The summed E-state index contributed by atoms with van der Waals surface area (Å²) in [5.74, 6) is 0.0340. The van der Waals surface area contributed by atoms with Crippen LogP contribution in [0.15, 0.2) is 60.8 Å². The van der Waals surface area contributed by atoms with Gasteiger partial charge in [-0.1, -0.05) is 42.5 Å². The van der Waals surface area contributed by atoms with Crippen LogP contribution in [0.2, 0.25) is 0 Å². The van der Waals surface area contributed by atoms with Gasteiger partial charge in [0.1, 0.15) is 0 Å². The van der Waals surface area contributed by atoms with Gasteiger partial charge in [0.15, 0.2) is 5.13 Å². The molecular formula is C24H29N5OS. The van der Waals surface area contributed by atoms with Crippen LogP contribution in [0.3, 0.4) is 0 Å². The topological polar surface area (TPSA) is 74.5 Å². The second-order valence-corrected chi connectivity index (χ2v) is 9.27. The van der Waals surface area contributed by atoms with Crippen LogP contribution in [0.5, 0.6) is 0 Å². The summed E-state index contributed by atoms with van der Waals surface area (Å²) in [6, 6.07) is 18.9. The number of nitrogens with one attached hydrogen (secondary N) is 1. The lowest BCUT2D eigenvalue weighted by molar-refractivity contribution is -0.118. The fourth-order valence-corrected chi connectivity index (χ4v) is 4.70. The van der Waals surface area contributed by atoms with Crippen molar-refractivity contribution in [3.05, 3.63) is 76.8 Å². The van der Waals surface area contributed by atoms with Crippen molar-refractivity contribution in [3.8, 4) is 0 Å². The molecule has 0 spiro atoms. The molecule has 1 fully saturated rings. The fourth-order valence-electron chi connectivity index (χ4n) is 3.99. The Kier molecular flexibility index (Phi) is 6.96. The summed E-state index contributed by atoms with van der Waals surface area (Å²) in [4.78, 5) is 22.5. The van der Waals surface area contributed by atoms with Gasteiger partial charge in [-0.3, -0.25) is 14.6 Å². The summed E-state index contributed by atoms with van der Waals surface area (Å²) in [6.07, 6.45) is 2.75. The molecule has 31 heavy (non-hydrogen) atoms. The van der Waals surface area contributed by atoms with Crippen LogP contribution in [0.25, 0.3) is 0 Å². The number of rotatable bonds is 7. The maximum atomic E-state index is 12.6. The zero-order valence-corrected chi connectivity index (χ0v) is 18.6. The number of thiazole rings is 1. The molecule has 0 bridgehead atoms. The molecule has 0 aliphatic carbocycles. The molecule has 0 saturated carbocycles. The van der Waals surface area contributed by atoms with E-state index in [-0.39, 0.29) is 5.91 Å². The molecule has 7 heteroatoms.